The fourth-order valence-electron chi connectivity index (χ4n) is 2.01. The molecule has 1 heterocycles. The summed E-state index contributed by atoms with van der Waals surface area (Å²) < 4.78 is 5.52. The molecule has 2 rings (SSSR count). The SMILES string of the molecule is COC(=O)C(C)(C)n1c(=O)[nH]c2ccccc2c1=O. The number of fused-ring (bicyclic) bond motifs is 1. The molecule has 0 amide bonds. The topological polar surface area (TPSA) is 81.2 Å². The zero-order valence-electron chi connectivity index (χ0n) is 10.9. The van der Waals surface area contributed by atoms with Gasteiger partial charge in [0, 0.05) is 0 Å². The highest BCUT2D eigenvalue weighted by molar-refractivity contribution is 5.80. The van der Waals surface area contributed by atoms with Gasteiger partial charge in [0.15, 0.2) is 0 Å². The Morgan fingerprint density at radius 1 is 1.26 bits per heavy atom. The van der Waals surface area contributed by atoms with Crippen molar-refractivity contribution < 1.29 is 9.53 Å². The summed E-state index contributed by atoms with van der Waals surface area (Å²) in [6, 6.07) is 6.64. The van der Waals surface area contributed by atoms with Crippen molar-refractivity contribution in [3.63, 3.8) is 0 Å². The first kappa shape index (κ1) is 13.1. The van der Waals surface area contributed by atoms with Crippen LogP contribution in [0.15, 0.2) is 33.9 Å². The lowest BCUT2D eigenvalue weighted by atomic mass is 10.1. The standard InChI is InChI=1S/C13H14N2O4/c1-13(2,11(17)19-3)15-10(16)8-6-4-5-7-9(8)14-12(15)18/h4-7H,1-3H3,(H,14,18). The van der Waals surface area contributed by atoms with Crippen molar-refractivity contribution in [2.75, 3.05) is 7.11 Å². The molecular weight excluding hydrogens is 248 g/mol. The smallest absolute Gasteiger partial charge is 0.331 e. The number of H-pyrrole nitrogens is 1. The highest BCUT2D eigenvalue weighted by Gasteiger charge is 2.34. The van der Waals surface area contributed by atoms with Gasteiger partial charge in [-0.05, 0) is 26.0 Å². The highest BCUT2D eigenvalue weighted by atomic mass is 16.5. The molecule has 0 aliphatic rings. The quantitative estimate of drug-likeness (QED) is 0.803. The fraction of sp³-hybridized carbons (Fsp3) is 0.308. The summed E-state index contributed by atoms with van der Waals surface area (Å²) in [6.07, 6.45) is 0. The number of hydrogen-bond donors (Lipinski definition) is 1. The zero-order chi connectivity index (χ0) is 14.2. The van der Waals surface area contributed by atoms with Crippen LogP contribution in [0.3, 0.4) is 0 Å². The lowest BCUT2D eigenvalue weighted by Crippen LogP contribution is -2.50. The minimum atomic E-state index is -1.37. The number of methoxy groups -OCH3 is 1. The van der Waals surface area contributed by atoms with E-state index in [9.17, 15) is 14.4 Å². The normalized spacial score (nSPS) is 11.5. The van der Waals surface area contributed by atoms with Gasteiger partial charge in [-0.25, -0.2) is 14.2 Å². The summed E-state index contributed by atoms with van der Waals surface area (Å²) in [6.45, 7) is 2.93. The van der Waals surface area contributed by atoms with Crippen LogP contribution in [-0.2, 0) is 15.1 Å². The molecular formula is C13H14N2O4. The van der Waals surface area contributed by atoms with Crippen LogP contribution < -0.4 is 11.2 Å². The molecule has 0 aliphatic heterocycles. The average molecular weight is 262 g/mol. The summed E-state index contributed by atoms with van der Waals surface area (Å²) in [5.41, 5.74) is -2.09. The summed E-state index contributed by atoms with van der Waals surface area (Å²) in [7, 11) is 1.21. The Balaban J connectivity index is 2.86. The number of esters is 1. The minimum Gasteiger partial charge on any atom is -0.467 e. The van der Waals surface area contributed by atoms with Gasteiger partial charge in [-0.3, -0.25) is 4.79 Å². The van der Waals surface area contributed by atoms with Crippen molar-refractivity contribution >= 4 is 16.9 Å². The van der Waals surface area contributed by atoms with Gasteiger partial charge in [0.05, 0.1) is 18.0 Å². The molecule has 19 heavy (non-hydrogen) atoms. The van der Waals surface area contributed by atoms with Crippen LogP contribution in [0.5, 0.6) is 0 Å². The van der Waals surface area contributed by atoms with E-state index in [1.165, 1.54) is 21.0 Å². The number of ether oxygens (including phenoxy) is 1. The van der Waals surface area contributed by atoms with E-state index in [0.717, 1.165) is 4.57 Å². The van der Waals surface area contributed by atoms with E-state index in [4.69, 9.17) is 0 Å². The van der Waals surface area contributed by atoms with Crippen LogP contribution in [0.4, 0.5) is 0 Å². The molecule has 1 aromatic heterocycles. The number of aromatic nitrogens is 2. The van der Waals surface area contributed by atoms with Gasteiger partial charge in [-0.2, -0.15) is 0 Å². The Kier molecular flexibility index (Phi) is 3.01. The first-order valence-electron chi connectivity index (χ1n) is 5.72. The number of nitrogens with zero attached hydrogens (tertiary/aromatic N) is 1. The molecule has 0 bridgehead atoms. The Bertz CT molecular complexity index is 755. The number of carbonyl (C=O) groups excluding carboxylic acids is 1. The molecule has 0 aliphatic carbocycles. The number of carbonyl (C=O) groups is 1. The van der Waals surface area contributed by atoms with Crippen LogP contribution in [0.1, 0.15) is 13.8 Å². The molecule has 1 N–H and O–H groups in total. The second-order valence-corrected chi connectivity index (χ2v) is 4.67. The predicted octanol–water partition coefficient (Wildman–Crippen LogP) is 0.598. The van der Waals surface area contributed by atoms with Crippen LogP contribution in [0.2, 0.25) is 0 Å². The molecule has 6 nitrogen and oxygen atoms in total. The maximum absolute atomic E-state index is 12.4. The zero-order valence-corrected chi connectivity index (χ0v) is 10.9. The third-order valence-corrected chi connectivity index (χ3v) is 3.05. The molecule has 0 atom stereocenters. The lowest BCUT2D eigenvalue weighted by Gasteiger charge is -2.23. The van der Waals surface area contributed by atoms with Crippen molar-refractivity contribution in [3.8, 4) is 0 Å². The Morgan fingerprint density at radius 3 is 2.53 bits per heavy atom. The lowest BCUT2D eigenvalue weighted by molar-refractivity contribution is -0.149. The second kappa shape index (κ2) is 4.38. The van der Waals surface area contributed by atoms with Crippen molar-refractivity contribution in [3.05, 3.63) is 45.1 Å². The van der Waals surface area contributed by atoms with Crippen LogP contribution >= 0.6 is 0 Å². The van der Waals surface area contributed by atoms with Crippen molar-refractivity contribution in [1.29, 1.82) is 0 Å². The molecule has 0 saturated heterocycles. The molecule has 2 aromatic rings. The van der Waals surface area contributed by atoms with E-state index in [0.29, 0.717) is 10.9 Å². The molecule has 100 valence electrons. The molecule has 0 radical (unpaired) electrons. The number of rotatable bonds is 2. The minimum absolute atomic E-state index is 0.346. The molecule has 1 aromatic carbocycles. The van der Waals surface area contributed by atoms with E-state index in [-0.39, 0.29) is 0 Å². The van der Waals surface area contributed by atoms with Crippen LogP contribution in [0, 0.1) is 0 Å². The summed E-state index contributed by atoms with van der Waals surface area (Å²) in [5.74, 6) is -0.657. The highest BCUT2D eigenvalue weighted by Crippen LogP contribution is 2.13. The second-order valence-electron chi connectivity index (χ2n) is 4.67. The maximum atomic E-state index is 12.4. The van der Waals surface area contributed by atoms with Gasteiger partial charge in [-0.1, -0.05) is 12.1 Å². The van der Waals surface area contributed by atoms with Gasteiger partial charge < -0.3 is 9.72 Å². The number of para-hydroxylation sites is 1. The van der Waals surface area contributed by atoms with Crippen molar-refractivity contribution in [2.24, 2.45) is 0 Å². The maximum Gasteiger partial charge on any atom is 0.331 e. The number of aromatic amines is 1. The van der Waals surface area contributed by atoms with E-state index >= 15 is 0 Å². The van der Waals surface area contributed by atoms with Gasteiger partial charge >= 0.3 is 11.7 Å². The van der Waals surface area contributed by atoms with Crippen molar-refractivity contribution in [2.45, 2.75) is 19.4 Å². The van der Waals surface area contributed by atoms with E-state index < -0.39 is 22.8 Å². The summed E-state index contributed by atoms with van der Waals surface area (Å²) in [5, 5.41) is 0.346. The van der Waals surface area contributed by atoms with E-state index in [1.807, 2.05) is 0 Å². The first-order chi connectivity index (χ1) is 8.89. The van der Waals surface area contributed by atoms with Gasteiger partial charge in [0.2, 0.25) is 0 Å². The summed E-state index contributed by atoms with van der Waals surface area (Å²) in [4.78, 5) is 38.7. The van der Waals surface area contributed by atoms with Crippen LogP contribution in [0.25, 0.3) is 10.9 Å². The third-order valence-electron chi connectivity index (χ3n) is 3.05. The Morgan fingerprint density at radius 2 is 1.89 bits per heavy atom. The number of nitrogens with one attached hydrogen (secondary N) is 1. The molecule has 0 unspecified atom stereocenters. The number of benzene rings is 1. The Labute approximate surface area is 108 Å². The van der Waals surface area contributed by atoms with E-state index in [1.54, 1.807) is 24.3 Å². The third kappa shape index (κ3) is 1.95. The largest absolute Gasteiger partial charge is 0.467 e. The molecule has 6 heteroatoms. The van der Waals surface area contributed by atoms with Gasteiger partial charge in [0.25, 0.3) is 5.56 Å². The molecule has 0 spiro atoms. The number of hydrogen-bond acceptors (Lipinski definition) is 4. The van der Waals surface area contributed by atoms with E-state index in [2.05, 4.69) is 9.72 Å². The summed E-state index contributed by atoms with van der Waals surface area (Å²) >= 11 is 0. The van der Waals surface area contributed by atoms with Crippen molar-refractivity contribution in [1.82, 2.24) is 9.55 Å². The first-order valence-corrected chi connectivity index (χ1v) is 5.72. The van der Waals surface area contributed by atoms with Crippen LogP contribution in [-0.4, -0.2) is 22.6 Å². The Hall–Kier alpha value is -2.37. The van der Waals surface area contributed by atoms with Gasteiger partial charge in [-0.15, -0.1) is 0 Å². The fourth-order valence-corrected chi connectivity index (χ4v) is 2.01. The van der Waals surface area contributed by atoms with Gasteiger partial charge in [0.1, 0.15) is 5.54 Å². The average Bonchev–Trinajstić information content (AvgIpc) is 2.37. The molecule has 0 fully saturated rings. The molecule has 0 saturated carbocycles. The monoisotopic (exact) mass is 262 g/mol. The predicted molar refractivity (Wildman–Crippen MR) is 70.2 cm³/mol.